The van der Waals surface area contributed by atoms with Crippen LogP contribution in [0.15, 0.2) is 228 Å². The molecule has 4 atom stereocenters. The third kappa shape index (κ3) is 13.0. The van der Waals surface area contributed by atoms with Crippen molar-refractivity contribution < 1.29 is 27.4 Å². The molecule has 12 heteroatoms. The topological polar surface area (TPSA) is 104 Å². The van der Waals surface area contributed by atoms with Crippen molar-refractivity contribution >= 4 is 23.1 Å². The first kappa shape index (κ1) is 51.5. The number of hydrogen-bond donors (Lipinski definition) is 1. The van der Waals surface area contributed by atoms with Gasteiger partial charge in [0.1, 0.15) is 28.7 Å². The molecule has 368 valence electrons. The first-order valence-electron chi connectivity index (χ1n) is 24.1. The number of ether oxygens (including phenoxy) is 1. The summed E-state index contributed by atoms with van der Waals surface area (Å²) in [5, 5.41) is 10.2. The van der Waals surface area contributed by atoms with Gasteiger partial charge in [-0.05, 0) is 116 Å². The normalized spacial score (nSPS) is 13.7. The molecule has 8 rings (SSSR count). The van der Waals surface area contributed by atoms with Crippen LogP contribution < -0.4 is 27.4 Å². The van der Waals surface area contributed by atoms with Crippen molar-refractivity contribution in [1.82, 2.24) is 0 Å². The summed E-state index contributed by atoms with van der Waals surface area (Å²) in [5.41, 5.74) is 6.52. The number of hydrogen-bond acceptors (Lipinski definition) is 8. The van der Waals surface area contributed by atoms with Gasteiger partial charge in [-0.1, -0.05) is 189 Å². The number of nitrogens with one attached hydrogen (secondary N) is 1. The first-order chi connectivity index (χ1) is 34.6. The highest BCUT2D eigenvalue weighted by Gasteiger charge is 2.44. The first-order valence-corrected chi connectivity index (χ1v) is 28.6. The molecule has 0 amide bonds. The average molecular weight is 1020 g/mol. The van der Waals surface area contributed by atoms with Gasteiger partial charge in [-0.3, -0.25) is 4.52 Å². The minimum absolute atomic E-state index is 0.233. The van der Waals surface area contributed by atoms with Crippen LogP contribution in [0.4, 0.5) is 0 Å². The SMILES string of the molecule is Cc1ccc(C(C)(C)c2ccc(OC(C)/[P+](=N\C(C)P(=NP(=N)(Oc3ccccc3)Oc3ccccc3)(Oc3ccccc3)Oc3ccc(C(C)(C)c4ccc(C)cc4)cc3)Oc3ccccc3)cc2)cc1. The third-order valence-electron chi connectivity index (χ3n) is 12.4. The Kier molecular flexibility index (Phi) is 16.2. The Hall–Kier alpha value is -6.88. The second-order valence-corrected chi connectivity index (χ2v) is 24.8. The smallest absolute Gasteiger partial charge is 0.445 e. The minimum Gasteiger partial charge on any atom is -0.445 e. The summed E-state index contributed by atoms with van der Waals surface area (Å²) in [6.45, 7) is 16.9. The molecule has 0 saturated heterocycles. The second kappa shape index (κ2) is 22.7. The molecule has 0 spiro atoms. The van der Waals surface area contributed by atoms with Crippen molar-refractivity contribution in [3.63, 3.8) is 0 Å². The standard InChI is InChI=1S/C60H63N3O6P3/c1-45-29-33-49(34-30-45)59(5,6)51-37-41-53(42-38-51)64-48(4)70(65-54-21-13-9-14-22-54)62-47(3)71(66-55-23-15-10-16-24-55,63-72(61,68-56-25-17-11-18-26-56)69-57-27-19-12-20-28-57)67-58-43-39-52(40-44-58)60(7,8)50-35-31-46(2)32-36-50/h9-44,47-48,61H,1-8H3/q+1. The molecule has 4 unspecified atom stereocenters. The van der Waals surface area contributed by atoms with E-state index in [2.05, 4.69) is 114 Å². The maximum atomic E-state index is 10.2. The van der Waals surface area contributed by atoms with Crippen molar-refractivity contribution in [2.75, 3.05) is 0 Å². The minimum atomic E-state index is -4.13. The van der Waals surface area contributed by atoms with Crippen LogP contribution in [-0.4, -0.2) is 11.6 Å². The van der Waals surface area contributed by atoms with Crippen molar-refractivity contribution in [2.24, 2.45) is 9.26 Å². The summed E-state index contributed by atoms with van der Waals surface area (Å²) >= 11 is 0. The number of aryl methyl sites for hydroxylation is 2. The van der Waals surface area contributed by atoms with Crippen molar-refractivity contribution in [3.8, 4) is 34.5 Å². The molecule has 8 aromatic rings. The molecular weight excluding hydrogens is 952 g/mol. The number of nitrogens with zero attached hydrogens (tertiary/aromatic N) is 2. The van der Waals surface area contributed by atoms with Gasteiger partial charge in [0.15, 0.2) is 11.5 Å². The quantitative estimate of drug-likeness (QED) is 0.0763. The fraction of sp³-hybridized carbons (Fsp3) is 0.200. The molecule has 1 N–H and O–H groups in total. The van der Waals surface area contributed by atoms with Crippen LogP contribution in [0.5, 0.6) is 34.5 Å². The molecule has 0 heterocycles. The van der Waals surface area contributed by atoms with Crippen molar-refractivity contribution in [2.45, 2.75) is 77.8 Å². The van der Waals surface area contributed by atoms with Gasteiger partial charge in [0.25, 0.3) is 0 Å². The molecule has 0 bridgehead atoms. The number of benzene rings is 8. The van der Waals surface area contributed by atoms with E-state index in [0.717, 1.165) is 11.1 Å². The molecule has 9 nitrogen and oxygen atoms in total. The van der Waals surface area contributed by atoms with Crippen LogP contribution in [-0.2, 0) is 10.8 Å². The molecule has 0 aromatic heterocycles. The van der Waals surface area contributed by atoms with Gasteiger partial charge in [0.2, 0.25) is 0 Å². The molecule has 72 heavy (non-hydrogen) atoms. The van der Waals surface area contributed by atoms with E-state index in [1.807, 2.05) is 135 Å². The van der Waals surface area contributed by atoms with Gasteiger partial charge in [0.05, 0.1) is 0 Å². The van der Waals surface area contributed by atoms with Crippen LogP contribution in [0.25, 0.3) is 0 Å². The molecule has 0 aliphatic carbocycles. The number of para-hydroxylation sites is 4. The summed E-state index contributed by atoms with van der Waals surface area (Å²) in [7, 11) is -9.91. The van der Waals surface area contributed by atoms with Crippen LogP contribution >= 0.6 is 23.1 Å². The van der Waals surface area contributed by atoms with Crippen LogP contribution in [0.2, 0.25) is 0 Å². The van der Waals surface area contributed by atoms with E-state index in [4.69, 9.17) is 36.6 Å². The van der Waals surface area contributed by atoms with E-state index in [1.54, 1.807) is 24.3 Å². The predicted octanol–water partition coefficient (Wildman–Crippen LogP) is 18.6. The van der Waals surface area contributed by atoms with Crippen molar-refractivity contribution in [1.29, 1.82) is 5.16 Å². The van der Waals surface area contributed by atoms with Crippen LogP contribution in [0.1, 0.15) is 74.9 Å². The molecule has 0 radical (unpaired) electrons. The molecule has 0 aliphatic rings. The summed E-state index contributed by atoms with van der Waals surface area (Å²) in [4.78, 5) is 0. The van der Waals surface area contributed by atoms with Gasteiger partial charge in [-0.25, -0.2) is 5.16 Å². The summed E-state index contributed by atoms with van der Waals surface area (Å²) in [5.74, 6) is 1.52. The van der Waals surface area contributed by atoms with Gasteiger partial charge in [0, 0.05) is 17.8 Å². The van der Waals surface area contributed by atoms with E-state index in [-0.39, 0.29) is 10.8 Å². The Bertz CT molecular complexity index is 3090. The maximum Gasteiger partial charge on any atom is 0.464 e. The lowest BCUT2D eigenvalue weighted by Crippen LogP contribution is -2.19. The van der Waals surface area contributed by atoms with E-state index in [1.165, 1.54) is 22.3 Å². The highest BCUT2D eigenvalue weighted by molar-refractivity contribution is 7.68. The second-order valence-electron chi connectivity index (χ2n) is 18.7. The highest BCUT2D eigenvalue weighted by Crippen LogP contribution is 2.67. The average Bonchev–Trinajstić information content (AvgIpc) is 3.38. The molecular formula is C60H63N3O6P3+. The Morgan fingerprint density at radius 3 is 1.12 bits per heavy atom. The Labute approximate surface area is 427 Å². The van der Waals surface area contributed by atoms with Crippen LogP contribution in [0.3, 0.4) is 0 Å². The molecule has 8 aromatic carbocycles. The van der Waals surface area contributed by atoms with Gasteiger partial charge in [-0.15, -0.1) is 4.52 Å². The monoisotopic (exact) mass is 1010 g/mol. The van der Waals surface area contributed by atoms with Gasteiger partial charge in [-0.2, -0.15) is 0 Å². The Morgan fingerprint density at radius 1 is 0.417 bits per heavy atom. The largest absolute Gasteiger partial charge is 0.464 e. The Balaban J connectivity index is 1.26. The van der Waals surface area contributed by atoms with Gasteiger partial charge >= 0.3 is 29.0 Å². The molecule has 0 aliphatic heterocycles. The van der Waals surface area contributed by atoms with Gasteiger partial charge < -0.3 is 22.8 Å². The molecule has 0 fully saturated rings. The lowest BCUT2D eigenvalue weighted by atomic mass is 9.78. The van der Waals surface area contributed by atoms with E-state index < -0.39 is 34.7 Å². The fourth-order valence-electron chi connectivity index (χ4n) is 7.94. The maximum absolute atomic E-state index is 10.2. The zero-order valence-corrected chi connectivity index (χ0v) is 44.8. The summed E-state index contributed by atoms with van der Waals surface area (Å²) in [6.07, 6.45) is 0. The zero-order chi connectivity index (χ0) is 50.8. The third-order valence-corrected chi connectivity index (χ3v) is 19.2. The zero-order valence-electron chi connectivity index (χ0n) is 42.1. The lowest BCUT2D eigenvalue weighted by Gasteiger charge is -2.30. The van der Waals surface area contributed by atoms with E-state index in [0.29, 0.717) is 34.5 Å². The summed E-state index contributed by atoms with van der Waals surface area (Å²) < 4.78 is 51.9. The van der Waals surface area contributed by atoms with Crippen LogP contribution in [0, 0.1) is 19.0 Å². The highest BCUT2D eigenvalue weighted by atomic mass is 31.2. The lowest BCUT2D eigenvalue weighted by molar-refractivity contribution is 0.292. The molecule has 0 saturated carbocycles. The Morgan fingerprint density at radius 2 is 0.736 bits per heavy atom. The fourth-order valence-corrected chi connectivity index (χ4v) is 14.6. The number of rotatable bonds is 20. The predicted molar refractivity (Wildman–Crippen MR) is 296 cm³/mol. The van der Waals surface area contributed by atoms with Crippen molar-refractivity contribution in [3.05, 3.63) is 252 Å². The van der Waals surface area contributed by atoms with E-state index in [9.17, 15) is 5.16 Å². The van der Waals surface area contributed by atoms with E-state index >= 15 is 0 Å². The summed E-state index contributed by atoms with van der Waals surface area (Å²) in [6, 6.07) is 70.7.